The van der Waals surface area contributed by atoms with Crippen LogP contribution in [0.15, 0.2) is 25.3 Å². The molecule has 9 heteroatoms. The highest BCUT2D eigenvalue weighted by molar-refractivity contribution is 7.95. The summed E-state index contributed by atoms with van der Waals surface area (Å²) in [4.78, 5) is 32.7. The Labute approximate surface area is 192 Å². The number of amides is 1. The molecular weight excluding hydrogens is 414 g/mol. The van der Waals surface area contributed by atoms with Crippen LogP contribution in [0.5, 0.6) is 0 Å². The van der Waals surface area contributed by atoms with Gasteiger partial charge >= 0.3 is 5.97 Å². The van der Waals surface area contributed by atoms with Gasteiger partial charge in [0.25, 0.3) is 0 Å². The van der Waals surface area contributed by atoms with E-state index >= 15 is 0 Å². The van der Waals surface area contributed by atoms with Crippen molar-refractivity contribution >= 4 is 23.9 Å². The molecule has 0 aromatic rings. The molecule has 0 spiro atoms. The molecule has 2 N–H and O–H groups in total. The second-order valence-electron chi connectivity index (χ2n) is 7.83. The molecule has 0 unspecified atom stereocenters. The predicted molar refractivity (Wildman–Crippen MR) is 129 cm³/mol. The number of nitrogens with zero attached hydrogens (tertiary/aromatic N) is 4. The van der Waals surface area contributed by atoms with Crippen LogP contribution in [0.25, 0.3) is 0 Å². The van der Waals surface area contributed by atoms with Gasteiger partial charge in [-0.3, -0.25) is 24.4 Å². The standard InChI is InChI=1S/C22H41N5O3S/c1-4-7-18-31-30-22(29)20-27-15-13-25(9-6-3)11-10-24(8-5-2)12-14-26(16-17-27)19-21(23)28/h5-6H,2-4,7-20H2,1H3,(H2,23,28). The molecule has 0 aromatic carbocycles. The summed E-state index contributed by atoms with van der Waals surface area (Å²) in [6.45, 7) is 18.2. The topological polar surface area (TPSA) is 82.3 Å². The molecule has 0 atom stereocenters. The lowest BCUT2D eigenvalue weighted by atomic mass is 10.3. The van der Waals surface area contributed by atoms with Crippen molar-refractivity contribution in [3.05, 3.63) is 25.3 Å². The van der Waals surface area contributed by atoms with Gasteiger partial charge < -0.3 is 9.92 Å². The number of nitrogens with two attached hydrogens (primary N) is 1. The molecule has 0 saturated carbocycles. The van der Waals surface area contributed by atoms with Gasteiger partial charge in [-0.05, 0) is 6.42 Å². The lowest BCUT2D eigenvalue weighted by molar-refractivity contribution is -0.134. The fraction of sp³-hybridized carbons (Fsp3) is 0.727. The summed E-state index contributed by atoms with van der Waals surface area (Å²) in [5.74, 6) is 0.267. The van der Waals surface area contributed by atoms with E-state index in [0.29, 0.717) is 13.1 Å². The van der Waals surface area contributed by atoms with Gasteiger partial charge in [-0.25, -0.2) is 4.79 Å². The van der Waals surface area contributed by atoms with E-state index in [1.807, 2.05) is 12.2 Å². The second-order valence-corrected chi connectivity index (χ2v) is 8.64. The van der Waals surface area contributed by atoms with E-state index in [-0.39, 0.29) is 25.0 Å². The predicted octanol–water partition coefficient (Wildman–Crippen LogP) is 1.06. The van der Waals surface area contributed by atoms with Gasteiger partial charge in [-0.2, -0.15) is 0 Å². The second kappa shape index (κ2) is 17.2. The summed E-state index contributed by atoms with van der Waals surface area (Å²) in [6.07, 6.45) is 5.94. The zero-order valence-corrected chi connectivity index (χ0v) is 20.0. The maximum Gasteiger partial charge on any atom is 0.332 e. The largest absolute Gasteiger partial charge is 0.390 e. The van der Waals surface area contributed by atoms with Crippen molar-refractivity contribution in [2.45, 2.75) is 19.8 Å². The molecule has 1 saturated heterocycles. The van der Waals surface area contributed by atoms with Gasteiger partial charge in [-0.1, -0.05) is 25.5 Å². The van der Waals surface area contributed by atoms with Gasteiger partial charge in [0.1, 0.15) is 0 Å². The molecule has 1 heterocycles. The van der Waals surface area contributed by atoms with Crippen LogP contribution in [0.3, 0.4) is 0 Å². The molecule has 31 heavy (non-hydrogen) atoms. The molecule has 1 aliphatic rings. The first-order valence-corrected chi connectivity index (χ1v) is 12.1. The Hall–Kier alpha value is -1.39. The molecule has 0 aliphatic carbocycles. The average molecular weight is 456 g/mol. The fourth-order valence-electron chi connectivity index (χ4n) is 3.37. The highest BCUT2D eigenvalue weighted by Gasteiger charge is 2.19. The van der Waals surface area contributed by atoms with E-state index in [1.165, 1.54) is 12.0 Å². The highest BCUT2D eigenvalue weighted by atomic mass is 32.2. The Morgan fingerprint density at radius 3 is 1.74 bits per heavy atom. The molecule has 8 nitrogen and oxygen atoms in total. The van der Waals surface area contributed by atoms with Crippen LogP contribution in [-0.2, 0) is 13.8 Å². The van der Waals surface area contributed by atoms with E-state index in [9.17, 15) is 9.59 Å². The molecule has 1 aliphatic heterocycles. The average Bonchev–Trinajstić information content (AvgIpc) is 2.72. The number of hydrogen-bond acceptors (Lipinski definition) is 8. The van der Waals surface area contributed by atoms with Crippen LogP contribution in [0.4, 0.5) is 0 Å². The normalized spacial score (nSPS) is 18.6. The van der Waals surface area contributed by atoms with Crippen LogP contribution < -0.4 is 5.73 Å². The van der Waals surface area contributed by atoms with Crippen LogP contribution in [0, 0.1) is 0 Å². The molecule has 0 radical (unpaired) electrons. The minimum Gasteiger partial charge on any atom is -0.390 e. The number of primary amides is 1. The Balaban J connectivity index is 2.77. The van der Waals surface area contributed by atoms with Crippen LogP contribution in [0.2, 0.25) is 0 Å². The maximum absolute atomic E-state index is 12.3. The zero-order valence-electron chi connectivity index (χ0n) is 19.2. The summed E-state index contributed by atoms with van der Waals surface area (Å²) in [7, 11) is 0. The molecule has 178 valence electrons. The quantitative estimate of drug-likeness (QED) is 0.266. The fourth-order valence-corrected chi connectivity index (χ4v) is 4.04. The molecule has 1 fully saturated rings. The van der Waals surface area contributed by atoms with Crippen molar-refractivity contribution in [3.8, 4) is 0 Å². The minimum atomic E-state index is -0.335. The van der Waals surface area contributed by atoms with Crippen molar-refractivity contribution in [1.82, 2.24) is 19.6 Å². The summed E-state index contributed by atoms with van der Waals surface area (Å²) >= 11 is 1.23. The van der Waals surface area contributed by atoms with Crippen LogP contribution in [0.1, 0.15) is 19.8 Å². The van der Waals surface area contributed by atoms with Crippen LogP contribution in [-0.4, -0.2) is 116 Å². The molecule has 0 aromatic heterocycles. The first-order chi connectivity index (χ1) is 15.0. The van der Waals surface area contributed by atoms with E-state index in [1.54, 1.807) is 0 Å². The van der Waals surface area contributed by atoms with E-state index in [4.69, 9.17) is 9.92 Å². The third-order valence-electron chi connectivity index (χ3n) is 5.17. The lowest BCUT2D eigenvalue weighted by Gasteiger charge is -2.33. The maximum atomic E-state index is 12.3. The lowest BCUT2D eigenvalue weighted by Crippen LogP contribution is -2.48. The monoisotopic (exact) mass is 455 g/mol. The molecular formula is C22H41N5O3S. The summed E-state index contributed by atoms with van der Waals surface area (Å²) in [6, 6.07) is 0. The Morgan fingerprint density at radius 1 is 0.871 bits per heavy atom. The van der Waals surface area contributed by atoms with Crippen molar-refractivity contribution in [2.24, 2.45) is 5.73 Å². The van der Waals surface area contributed by atoms with Gasteiger partial charge in [0, 0.05) is 71.2 Å². The molecule has 1 amide bonds. The zero-order chi connectivity index (χ0) is 22.9. The van der Waals surface area contributed by atoms with E-state index in [2.05, 4.69) is 39.7 Å². The smallest absolute Gasteiger partial charge is 0.332 e. The van der Waals surface area contributed by atoms with Crippen molar-refractivity contribution in [2.75, 3.05) is 84.3 Å². The summed E-state index contributed by atoms with van der Waals surface area (Å²) in [5.41, 5.74) is 5.46. The first kappa shape index (κ1) is 27.6. The van der Waals surface area contributed by atoms with Gasteiger partial charge in [0.2, 0.25) is 5.91 Å². The number of carbonyl (C=O) groups excluding carboxylic acids is 2. The van der Waals surface area contributed by atoms with E-state index in [0.717, 1.165) is 71.0 Å². The van der Waals surface area contributed by atoms with Gasteiger partial charge in [-0.15, -0.1) is 13.2 Å². The van der Waals surface area contributed by atoms with Crippen LogP contribution >= 0.6 is 12.0 Å². The third-order valence-corrected chi connectivity index (χ3v) is 5.93. The van der Waals surface area contributed by atoms with Crippen molar-refractivity contribution < 1.29 is 13.8 Å². The number of rotatable bonds is 12. The summed E-state index contributed by atoms with van der Waals surface area (Å²) in [5, 5.41) is 0. The van der Waals surface area contributed by atoms with Gasteiger partial charge in [0.05, 0.1) is 25.1 Å². The Kier molecular flexibility index (Phi) is 15.3. The minimum absolute atomic E-state index is 0.218. The van der Waals surface area contributed by atoms with Crippen molar-refractivity contribution in [1.29, 1.82) is 0 Å². The number of carbonyl (C=O) groups is 2. The number of hydrogen-bond donors (Lipinski definition) is 1. The Morgan fingerprint density at radius 2 is 1.32 bits per heavy atom. The van der Waals surface area contributed by atoms with Crippen molar-refractivity contribution in [3.63, 3.8) is 0 Å². The summed E-state index contributed by atoms with van der Waals surface area (Å²) < 4.78 is 5.33. The third kappa shape index (κ3) is 13.6. The van der Waals surface area contributed by atoms with E-state index < -0.39 is 0 Å². The van der Waals surface area contributed by atoms with Gasteiger partial charge in [0.15, 0.2) is 0 Å². The SMILES string of the molecule is C=CCN1CCN(CC=C)CCN(CC(=O)OSCCCC)CCN(CC(N)=O)CC1. The molecule has 0 bridgehead atoms. The first-order valence-electron chi connectivity index (χ1n) is 11.2. The number of unbranched alkanes of at least 4 members (excludes halogenated alkanes) is 1. The molecule has 1 rings (SSSR count). The Bertz CT molecular complexity index is 549. The highest BCUT2D eigenvalue weighted by Crippen LogP contribution is 2.08.